The third-order valence-electron chi connectivity index (χ3n) is 3.36. The molecule has 0 N–H and O–H groups in total. The van der Waals surface area contributed by atoms with Crippen molar-refractivity contribution in [3.05, 3.63) is 36.2 Å². The number of methoxy groups -OCH3 is 1. The van der Waals surface area contributed by atoms with Gasteiger partial charge in [0.2, 0.25) is 5.78 Å². The Balaban J connectivity index is 1.89. The first kappa shape index (κ1) is 14.0. The summed E-state index contributed by atoms with van der Waals surface area (Å²) in [4.78, 5) is 13.8. The Bertz CT molecular complexity index is 647. The smallest absolute Gasteiger partial charge is 0.225 e. The minimum atomic E-state index is -0.513. The number of rotatable bonds is 4. The van der Waals surface area contributed by atoms with Crippen molar-refractivity contribution in [2.75, 3.05) is 12.9 Å². The first-order chi connectivity index (χ1) is 10.2. The maximum absolute atomic E-state index is 12.8. The largest absolute Gasteiger partial charge is 0.493 e. The van der Waals surface area contributed by atoms with Gasteiger partial charge in [-0.25, -0.2) is 0 Å². The normalized spacial score (nSPS) is 17.0. The summed E-state index contributed by atoms with van der Waals surface area (Å²) in [7, 11) is 1.54. The highest BCUT2D eigenvalue weighted by Crippen LogP contribution is 2.36. The van der Waals surface area contributed by atoms with E-state index < -0.39 is 6.10 Å². The second kappa shape index (κ2) is 5.81. The fourth-order valence-electron chi connectivity index (χ4n) is 2.31. The van der Waals surface area contributed by atoms with E-state index in [1.165, 1.54) is 0 Å². The van der Waals surface area contributed by atoms with Crippen molar-refractivity contribution in [1.82, 2.24) is 9.78 Å². The Hall–Kier alpha value is -1.95. The van der Waals surface area contributed by atoms with Crippen molar-refractivity contribution in [1.29, 1.82) is 0 Å². The Labute approximate surface area is 127 Å². The van der Waals surface area contributed by atoms with Gasteiger partial charge in [0.25, 0.3) is 0 Å². The van der Waals surface area contributed by atoms with Crippen LogP contribution in [0.3, 0.4) is 0 Å². The summed E-state index contributed by atoms with van der Waals surface area (Å²) in [6.45, 7) is 2.55. The number of aryl methyl sites for hydroxylation is 1. The first-order valence-corrected chi connectivity index (χ1v) is 7.75. The molecule has 0 bridgehead atoms. The van der Waals surface area contributed by atoms with E-state index >= 15 is 0 Å². The van der Waals surface area contributed by atoms with Gasteiger partial charge in [-0.05, 0) is 19.1 Å². The van der Waals surface area contributed by atoms with Gasteiger partial charge in [0.05, 0.1) is 13.3 Å². The van der Waals surface area contributed by atoms with Gasteiger partial charge in [-0.2, -0.15) is 5.10 Å². The fraction of sp³-hybridized carbons (Fsp3) is 0.333. The Morgan fingerprint density at radius 1 is 1.52 bits per heavy atom. The number of ketones is 1. The van der Waals surface area contributed by atoms with Crippen LogP contribution in [0.15, 0.2) is 35.4 Å². The average Bonchev–Trinajstić information content (AvgIpc) is 2.96. The molecule has 1 aromatic heterocycles. The zero-order valence-electron chi connectivity index (χ0n) is 11.9. The van der Waals surface area contributed by atoms with Gasteiger partial charge in [0.15, 0.2) is 17.5 Å². The molecule has 1 aromatic carbocycles. The van der Waals surface area contributed by atoms with E-state index in [1.807, 2.05) is 31.2 Å². The number of ether oxygens (including phenoxy) is 2. The van der Waals surface area contributed by atoms with Crippen LogP contribution in [0.25, 0.3) is 0 Å². The zero-order chi connectivity index (χ0) is 14.8. The van der Waals surface area contributed by atoms with Crippen LogP contribution < -0.4 is 9.47 Å². The van der Waals surface area contributed by atoms with Crippen LogP contribution in [-0.2, 0) is 6.54 Å². The van der Waals surface area contributed by atoms with Gasteiger partial charge in [-0.15, -0.1) is 11.8 Å². The summed E-state index contributed by atoms with van der Waals surface area (Å²) in [5.41, 5.74) is 0.477. The molecule has 1 atom stereocenters. The molecule has 21 heavy (non-hydrogen) atoms. The van der Waals surface area contributed by atoms with Crippen LogP contribution in [-0.4, -0.2) is 34.5 Å². The molecule has 0 radical (unpaired) electrons. The van der Waals surface area contributed by atoms with Gasteiger partial charge < -0.3 is 9.47 Å². The molecule has 0 saturated heterocycles. The van der Waals surface area contributed by atoms with Crippen LogP contribution in [0, 0.1) is 0 Å². The number of fused-ring (bicyclic) bond motifs is 1. The zero-order valence-corrected chi connectivity index (χ0v) is 12.7. The molecular weight excluding hydrogens is 288 g/mol. The number of hydrogen-bond donors (Lipinski definition) is 0. The molecule has 1 aliphatic heterocycles. The monoisotopic (exact) mass is 304 g/mol. The van der Waals surface area contributed by atoms with Gasteiger partial charge in [0, 0.05) is 17.2 Å². The highest BCUT2D eigenvalue weighted by molar-refractivity contribution is 7.99. The summed E-state index contributed by atoms with van der Waals surface area (Å²) >= 11 is 1.63. The SMILES string of the molecule is CCn1ncc(OC)c1C(=O)C1CSc2ccccc2O1. The molecule has 1 unspecified atom stereocenters. The van der Waals surface area contributed by atoms with Gasteiger partial charge in [-0.3, -0.25) is 9.48 Å². The molecule has 0 saturated carbocycles. The average molecular weight is 304 g/mol. The van der Waals surface area contributed by atoms with Gasteiger partial charge in [-0.1, -0.05) is 12.1 Å². The third kappa shape index (κ3) is 2.51. The van der Waals surface area contributed by atoms with E-state index in [2.05, 4.69) is 5.10 Å². The quantitative estimate of drug-likeness (QED) is 0.813. The van der Waals surface area contributed by atoms with E-state index in [-0.39, 0.29) is 5.78 Å². The van der Waals surface area contributed by atoms with E-state index in [9.17, 15) is 4.79 Å². The van der Waals surface area contributed by atoms with Crippen molar-refractivity contribution in [2.45, 2.75) is 24.5 Å². The lowest BCUT2D eigenvalue weighted by molar-refractivity contribution is 0.0800. The fourth-order valence-corrected chi connectivity index (χ4v) is 3.29. The molecule has 0 fully saturated rings. The van der Waals surface area contributed by atoms with Crippen molar-refractivity contribution < 1.29 is 14.3 Å². The molecule has 2 aromatic rings. The summed E-state index contributed by atoms with van der Waals surface area (Å²) in [6, 6.07) is 7.75. The summed E-state index contributed by atoms with van der Waals surface area (Å²) in [6.07, 6.45) is 1.06. The number of Topliss-reactive ketones (excluding diaryl/α,β-unsaturated/α-hetero) is 1. The first-order valence-electron chi connectivity index (χ1n) is 6.77. The molecule has 110 valence electrons. The Morgan fingerprint density at radius 3 is 3.10 bits per heavy atom. The summed E-state index contributed by atoms with van der Waals surface area (Å²) in [5.74, 6) is 1.75. The number of hydrogen-bond acceptors (Lipinski definition) is 5. The second-order valence-corrected chi connectivity index (χ2v) is 5.67. The molecule has 1 aliphatic rings. The lowest BCUT2D eigenvalue weighted by Gasteiger charge is -2.24. The molecule has 0 aliphatic carbocycles. The number of benzene rings is 1. The number of thioether (sulfide) groups is 1. The Morgan fingerprint density at radius 2 is 2.33 bits per heavy atom. The van der Waals surface area contributed by atoms with Crippen LogP contribution in [0.1, 0.15) is 17.4 Å². The number of carbonyl (C=O) groups excluding carboxylic acids is 1. The van der Waals surface area contributed by atoms with Crippen molar-refractivity contribution in [3.8, 4) is 11.5 Å². The van der Waals surface area contributed by atoms with Crippen LogP contribution >= 0.6 is 11.8 Å². The minimum Gasteiger partial charge on any atom is -0.493 e. The molecule has 3 rings (SSSR count). The predicted octanol–water partition coefficient (Wildman–Crippen LogP) is 2.65. The number of carbonyl (C=O) groups is 1. The molecule has 0 amide bonds. The molecule has 5 nitrogen and oxygen atoms in total. The van der Waals surface area contributed by atoms with E-state index in [0.29, 0.717) is 23.7 Å². The molecular formula is C15H16N2O3S. The van der Waals surface area contributed by atoms with Crippen molar-refractivity contribution in [2.24, 2.45) is 0 Å². The lowest BCUT2D eigenvalue weighted by atomic mass is 10.1. The number of nitrogens with zero attached hydrogens (tertiary/aromatic N) is 2. The van der Waals surface area contributed by atoms with Crippen LogP contribution in [0.2, 0.25) is 0 Å². The Kier molecular flexibility index (Phi) is 3.88. The number of aromatic nitrogens is 2. The molecule has 2 heterocycles. The predicted molar refractivity (Wildman–Crippen MR) is 80.4 cm³/mol. The molecule has 0 spiro atoms. The van der Waals surface area contributed by atoms with Crippen LogP contribution in [0.5, 0.6) is 11.5 Å². The minimum absolute atomic E-state index is 0.0896. The highest BCUT2D eigenvalue weighted by atomic mass is 32.2. The second-order valence-electron chi connectivity index (χ2n) is 4.61. The van der Waals surface area contributed by atoms with Gasteiger partial charge in [0.1, 0.15) is 5.75 Å². The maximum atomic E-state index is 12.8. The standard InChI is InChI=1S/C15H16N2O3S/c1-3-17-14(11(19-2)8-16-17)15(18)12-9-21-13-7-5-4-6-10(13)20-12/h4-8,12H,3,9H2,1-2H3. The van der Waals surface area contributed by atoms with Crippen molar-refractivity contribution >= 4 is 17.5 Å². The van der Waals surface area contributed by atoms with Crippen molar-refractivity contribution in [3.63, 3.8) is 0 Å². The van der Waals surface area contributed by atoms with E-state index in [1.54, 1.807) is 29.8 Å². The molecule has 6 heteroatoms. The summed E-state index contributed by atoms with van der Waals surface area (Å²) < 4.78 is 12.7. The maximum Gasteiger partial charge on any atom is 0.225 e. The van der Waals surface area contributed by atoms with Gasteiger partial charge >= 0.3 is 0 Å². The topological polar surface area (TPSA) is 53.4 Å². The summed E-state index contributed by atoms with van der Waals surface area (Å²) in [5, 5.41) is 4.17. The van der Waals surface area contributed by atoms with E-state index in [4.69, 9.17) is 9.47 Å². The van der Waals surface area contributed by atoms with Crippen LogP contribution in [0.4, 0.5) is 0 Å². The third-order valence-corrected chi connectivity index (χ3v) is 4.48. The highest BCUT2D eigenvalue weighted by Gasteiger charge is 2.31. The lowest BCUT2D eigenvalue weighted by Crippen LogP contribution is -2.34. The van der Waals surface area contributed by atoms with E-state index in [0.717, 1.165) is 10.6 Å². The number of para-hydroxylation sites is 1.